The standard InChI is InChI=1S/C23H26N4O2/c1-26(2)17-9-7-16(8-10-17)15-24-22(28)14-13-21-25-20-6-4-3-5-19(20)23(29)27(21)18-11-12-18/h3-10,18H,11-15H2,1-2H3,(H,24,28). The zero-order valence-corrected chi connectivity index (χ0v) is 16.9. The van der Waals surface area contributed by atoms with Gasteiger partial charge < -0.3 is 10.2 Å². The molecule has 1 fully saturated rings. The van der Waals surface area contributed by atoms with Gasteiger partial charge in [-0.3, -0.25) is 14.2 Å². The Balaban J connectivity index is 1.42. The molecular formula is C23H26N4O2. The fourth-order valence-corrected chi connectivity index (χ4v) is 3.50. The molecule has 1 aromatic heterocycles. The number of carbonyl (C=O) groups is 1. The van der Waals surface area contributed by atoms with Crippen molar-refractivity contribution in [2.45, 2.75) is 38.3 Å². The molecule has 0 atom stereocenters. The summed E-state index contributed by atoms with van der Waals surface area (Å²) in [6, 6.07) is 15.8. The Labute approximate surface area is 170 Å². The van der Waals surface area contributed by atoms with Crippen LogP contribution in [0.2, 0.25) is 0 Å². The first-order chi connectivity index (χ1) is 14.0. The van der Waals surface area contributed by atoms with Gasteiger partial charge in [0.15, 0.2) is 0 Å². The number of para-hydroxylation sites is 1. The van der Waals surface area contributed by atoms with Crippen molar-refractivity contribution in [2.24, 2.45) is 0 Å². The number of hydrogen-bond donors (Lipinski definition) is 1. The molecule has 0 radical (unpaired) electrons. The van der Waals surface area contributed by atoms with Gasteiger partial charge in [-0.1, -0.05) is 24.3 Å². The Morgan fingerprint density at radius 1 is 1.14 bits per heavy atom. The minimum atomic E-state index is -0.0357. The first kappa shape index (κ1) is 19.2. The van der Waals surface area contributed by atoms with Crippen molar-refractivity contribution in [1.29, 1.82) is 0 Å². The van der Waals surface area contributed by atoms with Crippen LogP contribution in [0.25, 0.3) is 10.9 Å². The molecular weight excluding hydrogens is 364 g/mol. The van der Waals surface area contributed by atoms with Crippen LogP contribution >= 0.6 is 0 Å². The van der Waals surface area contributed by atoms with Crippen molar-refractivity contribution in [3.63, 3.8) is 0 Å². The second kappa shape index (κ2) is 8.07. The fraction of sp³-hybridized carbons (Fsp3) is 0.348. The Bertz CT molecular complexity index is 1080. The minimum Gasteiger partial charge on any atom is -0.378 e. The average Bonchev–Trinajstić information content (AvgIpc) is 3.56. The first-order valence-electron chi connectivity index (χ1n) is 10.1. The molecule has 2 aromatic carbocycles. The number of anilines is 1. The molecule has 6 nitrogen and oxygen atoms in total. The van der Waals surface area contributed by atoms with Gasteiger partial charge in [-0.25, -0.2) is 4.98 Å². The molecule has 1 aliphatic carbocycles. The second-order valence-electron chi connectivity index (χ2n) is 7.79. The lowest BCUT2D eigenvalue weighted by molar-refractivity contribution is -0.121. The topological polar surface area (TPSA) is 67.2 Å². The summed E-state index contributed by atoms with van der Waals surface area (Å²) in [5.41, 5.74) is 2.89. The molecule has 0 saturated heterocycles. The number of fused-ring (bicyclic) bond motifs is 1. The summed E-state index contributed by atoms with van der Waals surface area (Å²) in [5, 5.41) is 3.61. The van der Waals surface area contributed by atoms with Crippen molar-refractivity contribution in [3.8, 4) is 0 Å². The number of benzene rings is 2. The van der Waals surface area contributed by atoms with E-state index in [1.54, 1.807) is 4.57 Å². The van der Waals surface area contributed by atoms with Crippen LogP contribution in [0.5, 0.6) is 0 Å². The summed E-state index contributed by atoms with van der Waals surface area (Å²) >= 11 is 0. The highest BCUT2D eigenvalue weighted by molar-refractivity contribution is 5.78. The summed E-state index contributed by atoms with van der Waals surface area (Å²) in [6.45, 7) is 0.493. The van der Waals surface area contributed by atoms with Crippen molar-refractivity contribution >= 4 is 22.5 Å². The number of aromatic nitrogens is 2. The number of aryl methyl sites for hydroxylation is 1. The molecule has 0 bridgehead atoms. The zero-order valence-electron chi connectivity index (χ0n) is 16.9. The van der Waals surface area contributed by atoms with E-state index in [1.165, 1.54) is 0 Å². The molecule has 1 amide bonds. The maximum Gasteiger partial charge on any atom is 0.261 e. The van der Waals surface area contributed by atoms with Crippen LogP contribution in [0.4, 0.5) is 5.69 Å². The number of carbonyl (C=O) groups excluding carboxylic acids is 1. The summed E-state index contributed by atoms with van der Waals surface area (Å²) in [5.74, 6) is 0.674. The summed E-state index contributed by atoms with van der Waals surface area (Å²) in [6.07, 6.45) is 2.78. The SMILES string of the molecule is CN(C)c1ccc(CNC(=O)CCc2nc3ccccc3c(=O)n2C2CC2)cc1. The van der Waals surface area contributed by atoms with E-state index in [9.17, 15) is 9.59 Å². The quantitative estimate of drug-likeness (QED) is 0.673. The van der Waals surface area contributed by atoms with E-state index in [1.807, 2.05) is 67.5 Å². The number of rotatable bonds is 7. The normalized spacial score (nSPS) is 13.4. The molecule has 6 heteroatoms. The summed E-state index contributed by atoms with van der Waals surface area (Å²) in [4.78, 5) is 32.0. The summed E-state index contributed by atoms with van der Waals surface area (Å²) < 4.78 is 1.80. The maximum absolute atomic E-state index is 12.9. The highest BCUT2D eigenvalue weighted by Crippen LogP contribution is 2.34. The zero-order chi connectivity index (χ0) is 20.4. The molecule has 150 valence electrons. The Hall–Kier alpha value is -3.15. The molecule has 0 aliphatic heterocycles. The monoisotopic (exact) mass is 390 g/mol. The van der Waals surface area contributed by atoms with Crippen LogP contribution in [-0.4, -0.2) is 29.6 Å². The predicted molar refractivity (Wildman–Crippen MR) is 115 cm³/mol. The Morgan fingerprint density at radius 2 is 1.86 bits per heavy atom. The van der Waals surface area contributed by atoms with E-state index >= 15 is 0 Å². The van der Waals surface area contributed by atoms with E-state index in [4.69, 9.17) is 4.98 Å². The van der Waals surface area contributed by atoms with E-state index in [0.717, 1.165) is 24.1 Å². The van der Waals surface area contributed by atoms with Gasteiger partial charge in [-0.2, -0.15) is 0 Å². The smallest absolute Gasteiger partial charge is 0.261 e. The van der Waals surface area contributed by atoms with Gasteiger partial charge in [0.1, 0.15) is 5.82 Å². The molecule has 4 rings (SSSR count). The molecule has 1 heterocycles. The molecule has 29 heavy (non-hydrogen) atoms. The van der Waals surface area contributed by atoms with Gasteiger partial charge in [0, 0.05) is 45.2 Å². The van der Waals surface area contributed by atoms with E-state index in [0.29, 0.717) is 36.1 Å². The van der Waals surface area contributed by atoms with E-state index < -0.39 is 0 Å². The molecule has 0 unspecified atom stereocenters. The average molecular weight is 390 g/mol. The lowest BCUT2D eigenvalue weighted by Gasteiger charge is -2.14. The maximum atomic E-state index is 12.9. The van der Waals surface area contributed by atoms with Gasteiger partial charge in [-0.05, 0) is 42.7 Å². The lowest BCUT2D eigenvalue weighted by atomic mass is 10.2. The van der Waals surface area contributed by atoms with Gasteiger partial charge in [0.05, 0.1) is 10.9 Å². The fourth-order valence-electron chi connectivity index (χ4n) is 3.50. The first-order valence-corrected chi connectivity index (χ1v) is 10.1. The van der Waals surface area contributed by atoms with Crippen LogP contribution in [-0.2, 0) is 17.8 Å². The molecule has 1 saturated carbocycles. The number of amides is 1. The third-order valence-corrected chi connectivity index (χ3v) is 5.31. The lowest BCUT2D eigenvalue weighted by Crippen LogP contribution is -2.27. The van der Waals surface area contributed by atoms with Crippen molar-refractivity contribution in [3.05, 3.63) is 70.3 Å². The molecule has 1 N–H and O–H groups in total. The van der Waals surface area contributed by atoms with E-state index in [-0.39, 0.29) is 17.5 Å². The van der Waals surface area contributed by atoms with Crippen LogP contribution in [0, 0.1) is 0 Å². The molecule has 0 spiro atoms. The van der Waals surface area contributed by atoms with Gasteiger partial charge in [-0.15, -0.1) is 0 Å². The largest absolute Gasteiger partial charge is 0.378 e. The van der Waals surface area contributed by atoms with E-state index in [2.05, 4.69) is 5.32 Å². The van der Waals surface area contributed by atoms with Crippen LogP contribution in [0.3, 0.4) is 0 Å². The number of nitrogens with zero attached hydrogens (tertiary/aromatic N) is 3. The van der Waals surface area contributed by atoms with Crippen molar-refractivity contribution < 1.29 is 4.79 Å². The minimum absolute atomic E-state index is 0.00879. The number of nitrogens with one attached hydrogen (secondary N) is 1. The third kappa shape index (κ3) is 4.31. The number of hydrogen-bond acceptors (Lipinski definition) is 4. The van der Waals surface area contributed by atoms with Gasteiger partial charge in [0.2, 0.25) is 5.91 Å². The molecule has 3 aromatic rings. The van der Waals surface area contributed by atoms with Crippen LogP contribution in [0.15, 0.2) is 53.3 Å². The van der Waals surface area contributed by atoms with Crippen LogP contribution in [0.1, 0.15) is 36.7 Å². The van der Waals surface area contributed by atoms with Gasteiger partial charge in [0.25, 0.3) is 5.56 Å². The highest BCUT2D eigenvalue weighted by atomic mass is 16.1. The highest BCUT2D eigenvalue weighted by Gasteiger charge is 2.28. The van der Waals surface area contributed by atoms with Crippen LogP contribution < -0.4 is 15.8 Å². The van der Waals surface area contributed by atoms with Crippen molar-refractivity contribution in [2.75, 3.05) is 19.0 Å². The molecule has 1 aliphatic rings. The Morgan fingerprint density at radius 3 is 2.55 bits per heavy atom. The second-order valence-corrected chi connectivity index (χ2v) is 7.79. The third-order valence-electron chi connectivity index (χ3n) is 5.31. The van der Waals surface area contributed by atoms with Gasteiger partial charge >= 0.3 is 0 Å². The Kier molecular flexibility index (Phi) is 5.34. The summed E-state index contributed by atoms with van der Waals surface area (Å²) in [7, 11) is 4.00. The predicted octanol–water partition coefficient (Wildman–Crippen LogP) is 3.05. The van der Waals surface area contributed by atoms with Crippen molar-refractivity contribution in [1.82, 2.24) is 14.9 Å².